The number of fused-ring (bicyclic) bond motifs is 3. The van der Waals surface area contributed by atoms with E-state index in [1.165, 1.54) is 17.4 Å². The maximum absolute atomic E-state index is 14.4. The molecule has 1 saturated carbocycles. The third-order valence-corrected chi connectivity index (χ3v) is 9.10. The van der Waals surface area contributed by atoms with E-state index in [2.05, 4.69) is 10.2 Å². The van der Waals surface area contributed by atoms with E-state index in [-0.39, 0.29) is 24.1 Å². The summed E-state index contributed by atoms with van der Waals surface area (Å²) in [5.41, 5.74) is 3.78. The SMILES string of the molecule is Cc1cccc(F)c1NC(=O)c1cc2c(s1)-c1ccccc1N(C(=O)c1cccc(N(CCO)C3CCC3)n1)CC2. The van der Waals surface area contributed by atoms with Crippen molar-refractivity contribution in [3.63, 3.8) is 0 Å². The average molecular weight is 571 g/mol. The van der Waals surface area contributed by atoms with E-state index in [9.17, 15) is 19.1 Å². The standard InChI is InChI=1S/C32H31FN4O3S/c1-20-7-4-11-24(33)29(20)35-31(39)27-19-21-15-16-37(26-13-3-2-10-23(26)30(21)41-27)32(40)25-12-6-14-28(34-25)36(17-18-38)22-8-5-9-22/h2-4,6-7,10-14,19,22,38H,5,8-9,15-18H2,1H3,(H,35,39). The first-order valence-electron chi connectivity index (χ1n) is 13.9. The molecule has 3 heterocycles. The number of aliphatic hydroxyl groups excluding tert-OH is 1. The van der Waals surface area contributed by atoms with Gasteiger partial charge in [-0.3, -0.25) is 9.59 Å². The molecule has 9 heteroatoms. The lowest BCUT2D eigenvalue weighted by Gasteiger charge is -2.38. The summed E-state index contributed by atoms with van der Waals surface area (Å²) in [6, 6.07) is 20.1. The van der Waals surface area contributed by atoms with Gasteiger partial charge in [-0.1, -0.05) is 36.4 Å². The summed E-state index contributed by atoms with van der Waals surface area (Å²) in [5.74, 6) is -0.319. The molecule has 2 aliphatic rings. The topological polar surface area (TPSA) is 85.8 Å². The summed E-state index contributed by atoms with van der Waals surface area (Å²) in [4.78, 5) is 37.1. The molecule has 2 aromatic carbocycles. The third-order valence-electron chi connectivity index (χ3n) is 7.89. The van der Waals surface area contributed by atoms with Crippen molar-refractivity contribution in [2.75, 3.05) is 34.8 Å². The first kappa shape index (κ1) is 27.1. The number of hydrogen-bond donors (Lipinski definition) is 2. The van der Waals surface area contributed by atoms with E-state index < -0.39 is 5.82 Å². The lowest BCUT2D eigenvalue weighted by Crippen LogP contribution is -2.42. The molecule has 2 aromatic heterocycles. The first-order chi connectivity index (χ1) is 19.9. The van der Waals surface area contributed by atoms with Crippen LogP contribution < -0.4 is 15.1 Å². The lowest BCUT2D eigenvalue weighted by atomic mass is 9.91. The number of rotatable bonds is 7. The Labute approximate surface area is 242 Å². The summed E-state index contributed by atoms with van der Waals surface area (Å²) >= 11 is 1.35. The molecule has 0 saturated heterocycles. The summed E-state index contributed by atoms with van der Waals surface area (Å²) in [6.45, 7) is 2.68. The van der Waals surface area contributed by atoms with Crippen molar-refractivity contribution in [1.82, 2.24) is 4.98 Å². The molecule has 2 amide bonds. The Hall–Kier alpha value is -4.08. The molecule has 7 nitrogen and oxygen atoms in total. The number of nitrogens with zero attached hydrogens (tertiary/aromatic N) is 3. The maximum Gasteiger partial charge on any atom is 0.276 e. The minimum absolute atomic E-state index is 0.0260. The van der Waals surface area contributed by atoms with Crippen molar-refractivity contribution in [3.05, 3.63) is 94.2 Å². The van der Waals surface area contributed by atoms with E-state index in [1.807, 2.05) is 42.5 Å². The molecule has 1 aliphatic heterocycles. The van der Waals surface area contributed by atoms with Crippen LogP contribution in [0.5, 0.6) is 0 Å². The van der Waals surface area contributed by atoms with Crippen molar-refractivity contribution in [2.24, 2.45) is 0 Å². The summed E-state index contributed by atoms with van der Waals surface area (Å²) in [7, 11) is 0. The van der Waals surface area contributed by atoms with Crippen LogP contribution in [0, 0.1) is 12.7 Å². The Morgan fingerprint density at radius 2 is 1.93 bits per heavy atom. The molecule has 41 heavy (non-hydrogen) atoms. The molecule has 0 bridgehead atoms. The second kappa shape index (κ2) is 11.4. The zero-order valence-electron chi connectivity index (χ0n) is 22.8. The Balaban J connectivity index is 1.29. The number of aryl methyl sites for hydroxylation is 1. The molecule has 2 N–H and O–H groups in total. The van der Waals surface area contributed by atoms with Gasteiger partial charge in [0.1, 0.15) is 17.3 Å². The summed E-state index contributed by atoms with van der Waals surface area (Å²) in [6.07, 6.45) is 3.83. The van der Waals surface area contributed by atoms with Crippen LogP contribution in [0.4, 0.5) is 21.6 Å². The fourth-order valence-electron chi connectivity index (χ4n) is 5.52. The largest absolute Gasteiger partial charge is 0.395 e. The number of carbonyl (C=O) groups excluding carboxylic acids is 2. The highest BCUT2D eigenvalue weighted by atomic mass is 32.1. The highest BCUT2D eigenvalue weighted by molar-refractivity contribution is 7.17. The number of thiophene rings is 1. The van der Waals surface area contributed by atoms with Gasteiger partial charge in [-0.25, -0.2) is 9.37 Å². The Morgan fingerprint density at radius 1 is 1.12 bits per heavy atom. The number of benzene rings is 2. The highest BCUT2D eigenvalue weighted by Crippen LogP contribution is 2.42. The highest BCUT2D eigenvalue weighted by Gasteiger charge is 2.30. The summed E-state index contributed by atoms with van der Waals surface area (Å²) < 4.78 is 14.4. The van der Waals surface area contributed by atoms with Gasteiger partial charge < -0.3 is 20.2 Å². The lowest BCUT2D eigenvalue weighted by molar-refractivity contribution is 0.0981. The molecule has 0 unspecified atom stereocenters. The van der Waals surface area contributed by atoms with Crippen LogP contribution in [0.2, 0.25) is 0 Å². The van der Waals surface area contributed by atoms with Crippen molar-refractivity contribution in [3.8, 4) is 10.4 Å². The van der Waals surface area contributed by atoms with Gasteiger partial charge in [-0.15, -0.1) is 11.3 Å². The van der Waals surface area contributed by atoms with Crippen LogP contribution >= 0.6 is 11.3 Å². The molecule has 0 spiro atoms. The second-order valence-corrected chi connectivity index (χ2v) is 11.5. The molecule has 6 rings (SSSR count). The van der Waals surface area contributed by atoms with Crippen molar-refractivity contribution in [1.29, 1.82) is 0 Å². The second-order valence-electron chi connectivity index (χ2n) is 10.5. The maximum atomic E-state index is 14.4. The van der Waals surface area contributed by atoms with Gasteiger partial charge in [0.05, 0.1) is 22.9 Å². The van der Waals surface area contributed by atoms with Crippen molar-refractivity contribution in [2.45, 2.75) is 38.6 Å². The number of hydrogen-bond acceptors (Lipinski definition) is 6. The molecular formula is C32H31FN4O3S. The van der Waals surface area contributed by atoms with Gasteiger partial charge >= 0.3 is 0 Å². The normalized spacial score (nSPS) is 14.5. The average Bonchev–Trinajstić information content (AvgIpc) is 3.32. The monoisotopic (exact) mass is 570 g/mol. The van der Waals surface area contributed by atoms with Crippen LogP contribution in [-0.2, 0) is 6.42 Å². The fourth-order valence-corrected chi connectivity index (χ4v) is 6.65. The van der Waals surface area contributed by atoms with Crippen LogP contribution in [0.25, 0.3) is 10.4 Å². The van der Waals surface area contributed by atoms with E-state index in [1.54, 1.807) is 30.0 Å². The third kappa shape index (κ3) is 5.23. The number of aliphatic hydroxyl groups is 1. The van der Waals surface area contributed by atoms with Gasteiger partial charge in [0, 0.05) is 29.6 Å². The zero-order valence-corrected chi connectivity index (χ0v) is 23.6. The fraction of sp³-hybridized carbons (Fsp3) is 0.281. The summed E-state index contributed by atoms with van der Waals surface area (Å²) in [5, 5.41) is 12.4. The molecule has 210 valence electrons. The number of aromatic nitrogens is 1. The Kier molecular flexibility index (Phi) is 7.55. The van der Waals surface area contributed by atoms with Crippen LogP contribution in [-0.4, -0.2) is 47.6 Å². The number of nitrogens with one attached hydrogen (secondary N) is 1. The Bertz CT molecular complexity index is 1600. The number of amides is 2. The molecule has 4 aromatic rings. The van der Waals surface area contributed by atoms with Gasteiger partial charge in [0.2, 0.25) is 0 Å². The smallest absolute Gasteiger partial charge is 0.276 e. The van der Waals surface area contributed by atoms with Crippen LogP contribution in [0.3, 0.4) is 0 Å². The minimum Gasteiger partial charge on any atom is -0.395 e. The van der Waals surface area contributed by atoms with E-state index in [0.29, 0.717) is 47.5 Å². The molecule has 0 radical (unpaired) electrons. The van der Waals surface area contributed by atoms with Gasteiger partial charge in [0.15, 0.2) is 0 Å². The quantitative estimate of drug-likeness (QED) is 0.282. The number of para-hydroxylation sites is 2. The molecule has 1 fully saturated rings. The van der Waals surface area contributed by atoms with E-state index in [0.717, 1.165) is 41.0 Å². The van der Waals surface area contributed by atoms with Crippen LogP contribution in [0.1, 0.15) is 50.5 Å². The predicted octanol–water partition coefficient (Wildman–Crippen LogP) is 6.06. The van der Waals surface area contributed by atoms with Crippen LogP contribution in [0.15, 0.2) is 66.7 Å². The first-order valence-corrected chi connectivity index (χ1v) is 14.7. The van der Waals surface area contributed by atoms with E-state index >= 15 is 0 Å². The van der Waals surface area contributed by atoms with Crippen molar-refractivity contribution >= 4 is 40.3 Å². The number of carbonyl (C=O) groups is 2. The number of pyridine rings is 1. The zero-order chi connectivity index (χ0) is 28.5. The van der Waals surface area contributed by atoms with Gasteiger partial charge in [-0.05, 0) is 74.1 Å². The minimum atomic E-state index is -0.471. The van der Waals surface area contributed by atoms with Gasteiger partial charge in [0.25, 0.3) is 11.8 Å². The molecule has 1 aliphatic carbocycles. The Morgan fingerprint density at radius 3 is 2.68 bits per heavy atom. The molecule has 0 atom stereocenters. The number of anilines is 3. The molecular weight excluding hydrogens is 539 g/mol. The van der Waals surface area contributed by atoms with E-state index in [4.69, 9.17) is 4.98 Å². The number of halogens is 1. The van der Waals surface area contributed by atoms with Crippen molar-refractivity contribution < 1.29 is 19.1 Å². The van der Waals surface area contributed by atoms with Gasteiger partial charge in [-0.2, -0.15) is 0 Å². The predicted molar refractivity (Wildman–Crippen MR) is 161 cm³/mol.